The third-order valence-electron chi connectivity index (χ3n) is 4.93. The smallest absolute Gasteiger partial charge is 0.279 e. The van der Waals surface area contributed by atoms with Crippen molar-refractivity contribution in [1.29, 1.82) is 0 Å². The zero-order valence-electron chi connectivity index (χ0n) is 16.3. The van der Waals surface area contributed by atoms with E-state index in [2.05, 4.69) is 0 Å². The van der Waals surface area contributed by atoms with Crippen LogP contribution >= 0.6 is 0 Å². The molecular formula is C22H15F3N2O4S. The number of carbonyl (C=O) groups excluding carboxylic acids is 2. The van der Waals surface area contributed by atoms with Crippen LogP contribution in [-0.2, 0) is 22.7 Å². The molecule has 0 atom stereocenters. The van der Waals surface area contributed by atoms with E-state index in [1.54, 1.807) is 24.3 Å². The molecule has 0 aromatic heterocycles. The van der Waals surface area contributed by atoms with Gasteiger partial charge >= 0.3 is 6.18 Å². The molecule has 0 saturated carbocycles. The molecule has 6 nitrogen and oxygen atoms in total. The number of imide groups is 1. The van der Waals surface area contributed by atoms with Gasteiger partial charge in [0.25, 0.3) is 21.8 Å². The summed E-state index contributed by atoms with van der Waals surface area (Å²) < 4.78 is 66.6. The van der Waals surface area contributed by atoms with E-state index in [1.165, 1.54) is 30.3 Å². The molecule has 0 radical (unpaired) electrons. The van der Waals surface area contributed by atoms with Crippen LogP contribution in [0.25, 0.3) is 0 Å². The number of nitrogens with one attached hydrogen (secondary N) is 1. The van der Waals surface area contributed by atoms with E-state index in [9.17, 15) is 31.2 Å². The fraction of sp³-hybridized carbons (Fsp3) is 0.0909. The number of benzene rings is 3. The van der Waals surface area contributed by atoms with E-state index in [0.29, 0.717) is 16.7 Å². The number of para-hydroxylation sites is 1. The predicted molar refractivity (Wildman–Crippen MR) is 109 cm³/mol. The Balaban J connectivity index is 1.53. The molecular weight excluding hydrogens is 445 g/mol. The van der Waals surface area contributed by atoms with Gasteiger partial charge in [0.05, 0.1) is 33.8 Å². The summed E-state index contributed by atoms with van der Waals surface area (Å²) in [7, 11) is -4.30. The average Bonchev–Trinajstić information content (AvgIpc) is 2.99. The second-order valence-electron chi connectivity index (χ2n) is 7.03. The topological polar surface area (TPSA) is 83.6 Å². The van der Waals surface area contributed by atoms with Gasteiger partial charge in [-0.25, -0.2) is 8.42 Å². The molecule has 0 unspecified atom stereocenters. The maximum Gasteiger partial charge on any atom is 0.418 e. The summed E-state index contributed by atoms with van der Waals surface area (Å²) in [4.78, 5) is 25.7. The number of anilines is 1. The van der Waals surface area contributed by atoms with E-state index in [1.807, 2.05) is 4.72 Å². The molecule has 4 rings (SSSR count). The van der Waals surface area contributed by atoms with Crippen molar-refractivity contribution in [2.75, 3.05) is 4.72 Å². The second kappa shape index (κ2) is 7.79. The van der Waals surface area contributed by atoms with Crippen LogP contribution in [0.5, 0.6) is 0 Å². The number of halogens is 3. The highest BCUT2D eigenvalue weighted by Gasteiger charge is 2.36. The SMILES string of the molecule is O=C1c2ccccc2C(=O)N1Cc1ccc(S(=O)(=O)Nc2ccccc2C(F)(F)F)cc1. The number of rotatable bonds is 5. The third-order valence-corrected chi connectivity index (χ3v) is 6.31. The molecule has 1 N–H and O–H groups in total. The van der Waals surface area contributed by atoms with Gasteiger partial charge in [0.2, 0.25) is 0 Å². The quantitative estimate of drug-likeness (QED) is 0.576. The number of carbonyl (C=O) groups is 2. The molecule has 3 aromatic rings. The van der Waals surface area contributed by atoms with Crippen LogP contribution in [0, 0.1) is 0 Å². The van der Waals surface area contributed by atoms with Crippen molar-refractivity contribution in [2.45, 2.75) is 17.6 Å². The highest BCUT2D eigenvalue weighted by Crippen LogP contribution is 2.35. The Morgan fingerprint density at radius 3 is 1.88 bits per heavy atom. The minimum absolute atomic E-state index is 0.0724. The molecule has 2 amide bonds. The van der Waals surface area contributed by atoms with Crippen LogP contribution in [0.4, 0.5) is 18.9 Å². The van der Waals surface area contributed by atoms with Crippen LogP contribution in [0.3, 0.4) is 0 Å². The number of alkyl halides is 3. The monoisotopic (exact) mass is 460 g/mol. The van der Waals surface area contributed by atoms with Crippen LogP contribution in [-0.4, -0.2) is 25.1 Å². The van der Waals surface area contributed by atoms with Crippen molar-refractivity contribution >= 4 is 27.5 Å². The summed E-state index contributed by atoms with van der Waals surface area (Å²) in [5, 5.41) is 0. The maximum atomic E-state index is 13.1. The lowest BCUT2D eigenvalue weighted by atomic mass is 10.1. The third kappa shape index (κ3) is 3.96. The van der Waals surface area contributed by atoms with E-state index in [0.717, 1.165) is 23.1 Å². The Labute approximate surface area is 181 Å². The number of amides is 2. The van der Waals surface area contributed by atoms with Gasteiger partial charge in [-0.15, -0.1) is 0 Å². The molecule has 1 aliphatic rings. The first-order valence-electron chi connectivity index (χ1n) is 9.31. The Morgan fingerprint density at radius 2 is 1.31 bits per heavy atom. The van der Waals surface area contributed by atoms with Gasteiger partial charge < -0.3 is 0 Å². The molecule has 0 aliphatic carbocycles. The zero-order valence-corrected chi connectivity index (χ0v) is 17.1. The highest BCUT2D eigenvalue weighted by atomic mass is 32.2. The highest BCUT2D eigenvalue weighted by molar-refractivity contribution is 7.92. The molecule has 0 bridgehead atoms. The average molecular weight is 460 g/mol. The largest absolute Gasteiger partial charge is 0.418 e. The van der Waals surface area contributed by atoms with Crippen molar-refractivity contribution in [3.05, 3.63) is 95.1 Å². The molecule has 0 fully saturated rings. The molecule has 32 heavy (non-hydrogen) atoms. The summed E-state index contributed by atoms with van der Waals surface area (Å²) in [5.74, 6) is -0.902. The van der Waals surface area contributed by atoms with Crippen molar-refractivity contribution in [2.24, 2.45) is 0 Å². The number of fused-ring (bicyclic) bond motifs is 1. The lowest BCUT2D eigenvalue weighted by Crippen LogP contribution is -2.29. The van der Waals surface area contributed by atoms with E-state index < -0.39 is 39.3 Å². The fourth-order valence-electron chi connectivity index (χ4n) is 3.36. The standard InChI is InChI=1S/C22H15F3N2O4S/c23-22(24,25)18-7-3-4-8-19(18)26-32(30,31)15-11-9-14(10-12-15)13-27-20(28)16-5-1-2-6-17(16)21(27)29/h1-12,26H,13H2. The van der Waals surface area contributed by atoms with Crippen LogP contribution < -0.4 is 4.72 Å². The normalized spacial score (nSPS) is 13.9. The lowest BCUT2D eigenvalue weighted by molar-refractivity contribution is -0.136. The van der Waals surface area contributed by atoms with E-state index in [-0.39, 0.29) is 11.4 Å². The van der Waals surface area contributed by atoms with Crippen molar-refractivity contribution in [3.8, 4) is 0 Å². The van der Waals surface area contributed by atoms with Gasteiger partial charge in [-0.3, -0.25) is 19.2 Å². The van der Waals surface area contributed by atoms with Gasteiger partial charge in [-0.2, -0.15) is 13.2 Å². The molecule has 10 heteroatoms. The van der Waals surface area contributed by atoms with Gasteiger partial charge in [0.15, 0.2) is 0 Å². The summed E-state index contributed by atoms with van der Waals surface area (Å²) >= 11 is 0. The Kier molecular flexibility index (Phi) is 5.25. The first kappa shape index (κ1) is 21.6. The Morgan fingerprint density at radius 1 is 0.781 bits per heavy atom. The van der Waals surface area contributed by atoms with Crippen LogP contribution in [0.1, 0.15) is 31.8 Å². The van der Waals surface area contributed by atoms with Crippen molar-refractivity contribution < 1.29 is 31.2 Å². The molecule has 164 valence electrons. The summed E-state index contributed by atoms with van der Waals surface area (Å²) in [6.07, 6.45) is -4.73. The molecule has 3 aromatic carbocycles. The second-order valence-corrected chi connectivity index (χ2v) is 8.72. The summed E-state index contributed by atoms with van der Waals surface area (Å²) in [6, 6.07) is 15.9. The van der Waals surface area contributed by atoms with Crippen molar-refractivity contribution in [1.82, 2.24) is 4.90 Å². The minimum atomic E-state index is -4.73. The molecule has 1 aliphatic heterocycles. The van der Waals surface area contributed by atoms with Crippen LogP contribution in [0.15, 0.2) is 77.7 Å². The van der Waals surface area contributed by atoms with Crippen LogP contribution in [0.2, 0.25) is 0 Å². The summed E-state index contributed by atoms with van der Waals surface area (Å²) in [5.41, 5.74) is -0.622. The Bertz CT molecular complexity index is 1280. The first-order valence-corrected chi connectivity index (χ1v) is 10.8. The number of hydrogen-bond donors (Lipinski definition) is 1. The van der Waals surface area contributed by atoms with Crippen molar-refractivity contribution in [3.63, 3.8) is 0 Å². The first-order chi connectivity index (χ1) is 15.1. The van der Waals surface area contributed by atoms with Gasteiger partial charge in [-0.1, -0.05) is 36.4 Å². The zero-order chi connectivity index (χ0) is 23.1. The Hall–Kier alpha value is -3.66. The fourth-order valence-corrected chi connectivity index (χ4v) is 4.44. The molecule has 1 heterocycles. The summed E-state index contributed by atoms with van der Waals surface area (Å²) in [6.45, 7) is -0.0724. The minimum Gasteiger partial charge on any atom is -0.279 e. The lowest BCUT2D eigenvalue weighted by Gasteiger charge is -2.16. The van der Waals surface area contributed by atoms with Gasteiger partial charge in [0.1, 0.15) is 0 Å². The predicted octanol–water partition coefficient (Wildman–Crippen LogP) is 4.30. The van der Waals surface area contributed by atoms with Gasteiger partial charge in [0, 0.05) is 0 Å². The maximum absolute atomic E-state index is 13.1. The number of sulfonamides is 1. The van der Waals surface area contributed by atoms with Gasteiger partial charge in [-0.05, 0) is 42.0 Å². The molecule has 0 spiro atoms. The number of nitrogens with zero attached hydrogens (tertiary/aromatic N) is 1. The van der Waals surface area contributed by atoms with E-state index >= 15 is 0 Å². The number of hydrogen-bond acceptors (Lipinski definition) is 4. The van der Waals surface area contributed by atoms with E-state index in [4.69, 9.17) is 0 Å². The molecule has 0 saturated heterocycles.